The summed E-state index contributed by atoms with van der Waals surface area (Å²) in [6.45, 7) is 2.82. The molecule has 0 bridgehead atoms. The number of hydrazine groups is 1. The third-order valence-corrected chi connectivity index (χ3v) is 0.860. The minimum absolute atomic E-state index is 0.113. The van der Waals surface area contributed by atoms with Crippen molar-refractivity contribution in [3.8, 4) is 0 Å². The first-order valence-electron chi connectivity index (χ1n) is 2.52. The number of carbonyl (C=O) groups excluding carboxylic acids is 1. The highest BCUT2D eigenvalue weighted by atomic mass is 16.7. The highest BCUT2D eigenvalue weighted by Crippen LogP contribution is 1.86. The molecule has 0 saturated carbocycles. The number of hydrogen-bond acceptors (Lipinski definition) is 3. The Morgan fingerprint density at radius 1 is 1.78 bits per heavy atom. The lowest BCUT2D eigenvalue weighted by molar-refractivity contribution is -0.633. The standard InChI is InChI=1S/C4H8N2O3/c1-3-5(4(2)7)6(8)9/h3H2,1-2H3. The Hall–Kier alpha value is -1.13. The van der Waals surface area contributed by atoms with Crippen molar-refractivity contribution in [2.45, 2.75) is 13.8 Å². The Kier molecular flexibility index (Phi) is 2.63. The first-order chi connectivity index (χ1) is 4.09. The van der Waals surface area contributed by atoms with Gasteiger partial charge in [0.25, 0.3) is 5.91 Å². The van der Waals surface area contributed by atoms with Gasteiger partial charge >= 0.3 is 0 Å². The molecule has 0 radical (unpaired) electrons. The predicted molar refractivity (Wildman–Crippen MR) is 30.1 cm³/mol. The molecule has 0 atom stereocenters. The average Bonchev–Trinajstić information content (AvgIpc) is 1.64. The van der Waals surface area contributed by atoms with Gasteiger partial charge in [-0.25, -0.2) is 10.1 Å². The summed E-state index contributed by atoms with van der Waals surface area (Å²) in [4.78, 5) is 20.2. The molecular weight excluding hydrogens is 124 g/mol. The highest BCUT2D eigenvalue weighted by molar-refractivity contribution is 5.71. The molecule has 9 heavy (non-hydrogen) atoms. The van der Waals surface area contributed by atoms with Gasteiger partial charge in [0.1, 0.15) is 0 Å². The third kappa shape index (κ3) is 2.07. The van der Waals surface area contributed by atoms with E-state index in [1.165, 1.54) is 0 Å². The van der Waals surface area contributed by atoms with E-state index in [0.29, 0.717) is 5.01 Å². The van der Waals surface area contributed by atoms with Crippen molar-refractivity contribution in [2.24, 2.45) is 0 Å². The fraction of sp³-hybridized carbons (Fsp3) is 0.750. The van der Waals surface area contributed by atoms with Crippen LogP contribution in [0.4, 0.5) is 0 Å². The molecule has 52 valence electrons. The number of nitro groups is 1. The Balaban J connectivity index is 3.99. The van der Waals surface area contributed by atoms with Crippen molar-refractivity contribution >= 4 is 5.91 Å². The molecule has 0 aliphatic rings. The largest absolute Gasteiger partial charge is 0.280 e. The third-order valence-electron chi connectivity index (χ3n) is 0.860. The summed E-state index contributed by atoms with van der Waals surface area (Å²) < 4.78 is 0. The van der Waals surface area contributed by atoms with Crippen LogP contribution in [0.3, 0.4) is 0 Å². The summed E-state index contributed by atoms with van der Waals surface area (Å²) in [6.07, 6.45) is 0. The first kappa shape index (κ1) is 7.87. The molecule has 0 fully saturated rings. The summed E-state index contributed by atoms with van der Waals surface area (Å²) in [6, 6.07) is 0. The van der Waals surface area contributed by atoms with E-state index in [4.69, 9.17) is 0 Å². The molecule has 0 aliphatic heterocycles. The fourth-order valence-corrected chi connectivity index (χ4v) is 0.453. The van der Waals surface area contributed by atoms with Crippen LogP contribution in [-0.4, -0.2) is 22.5 Å². The molecule has 0 unspecified atom stereocenters. The van der Waals surface area contributed by atoms with Crippen LogP contribution in [0.15, 0.2) is 0 Å². The van der Waals surface area contributed by atoms with E-state index in [1.807, 2.05) is 0 Å². The molecule has 0 aliphatic carbocycles. The zero-order chi connectivity index (χ0) is 7.44. The molecular formula is C4H8N2O3. The predicted octanol–water partition coefficient (Wildman–Crippen LogP) is 0.0465. The quantitative estimate of drug-likeness (QED) is 0.393. The fourth-order valence-electron chi connectivity index (χ4n) is 0.453. The minimum atomic E-state index is -0.720. The number of hydrogen-bond donors (Lipinski definition) is 0. The zero-order valence-corrected chi connectivity index (χ0v) is 5.33. The number of rotatable bonds is 2. The van der Waals surface area contributed by atoms with Crippen LogP contribution in [0.25, 0.3) is 0 Å². The van der Waals surface area contributed by atoms with Gasteiger partial charge in [0.05, 0.1) is 6.54 Å². The van der Waals surface area contributed by atoms with Crippen LogP contribution in [0.2, 0.25) is 0 Å². The summed E-state index contributed by atoms with van der Waals surface area (Å²) in [7, 11) is 0. The summed E-state index contributed by atoms with van der Waals surface area (Å²) in [5, 5.41) is 9.70. The van der Waals surface area contributed by atoms with Gasteiger partial charge in [-0.05, 0) is 6.92 Å². The van der Waals surface area contributed by atoms with Crippen LogP contribution in [0.5, 0.6) is 0 Å². The van der Waals surface area contributed by atoms with Crippen molar-refractivity contribution in [1.29, 1.82) is 0 Å². The van der Waals surface area contributed by atoms with E-state index in [0.717, 1.165) is 6.92 Å². The van der Waals surface area contributed by atoms with Crippen molar-refractivity contribution in [1.82, 2.24) is 5.01 Å². The van der Waals surface area contributed by atoms with E-state index in [-0.39, 0.29) is 6.54 Å². The minimum Gasteiger partial charge on any atom is -0.269 e. The zero-order valence-electron chi connectivity index (χ0n) is 5.33. The van der Waals surface area contributed by atoms with Gasteiger partial charge in [0, 0.05) is 6.92 Å². The second-order valence-corrected chi connectivity index (χ2v) is 1.47. The molecule has 1 amide bonds. The van der Waals surface area contributed by atoms with Crippen LogP contribution in [0.1, 0.15) is 13.8 Å². The summed E-state index contributed by atoms with van der Waals surface area (Å²) >= 11 is 0. The van der Waals surface area contributed by atoms with Crippen LogP contribution < -0.4 is 0 Å². The van der Waals surface area contributed by atoms with Gasteiger partial charge in [0.15, 0.2) is 5.03 Å². The number of carbonyl (C=O) groups is 1. The molecule has 0 N–H and O–H groups in total. The van der Waals surface area contributed by atoms with Crippen molar-refractivity contribution in [3.63, 3.8) is 0 Å². The second kappa shape index (κ2) is 3.01. The molecule has 5 nitrogen and oxygen atoms in total. The van der Waals surface area contributed by atoms with Crippen LogP contribution in [0, 0.1) is 10.1 Å². The second-order valence-electron chi connectivity index (χ2n) is 1.47. The van der Waals surface area contributed by atoms with Gasteiger partial charge in [0.2, 0.25) is 0 Å². The first-order valence-corrected chi connectivity index (χ1v) is 2.52. The van der Waals surface area contributed by atoms with E-state index in [2.05, 4.69) is 0 Å². The average molecular weight is 132 g/mol. The molecule has 0 aromatic carbocycles. The van der Waals surface area contributed by atoms with E-state index < -0.39 is 10.9 Å². The monoisotopic (exact) mass is 132 g/mol. The maximum absolute atomic E-state index is 10.3. The molecule has 0 rings (SSSR count). The lowest BCUT2D eigenvalue weighted by Crippen LogP contribution is -2.33. The number of amides is 1. The Bertz CT molecular complexity index is 120. The van der Waals surface area contributed by atoms with E-state index in [9.17, 15) is 14.9 Å². The maximum Gasteiger partial charge on any atom is 0.280 e. The molecule has 0 heterocycles. The Labute approximate surface area is 52.4 Å². The van der Waals surface area contributed by atoms with Gasteiger partial charge in [-0.1, -0.05) is 5.01 Å². The topological polar surface area (TPSA) is 63.5 Å². The van der Waals surface area contributed by atoms with Crippen molar-refractivity contribution < 1.29 is 9.83 Å². The lowest BCUT2D eigenvalue weighted by atomic mass is 10.6. The number of nitrogens with zero attached hydrogens (tertiary/aromatic N) is 2. The Morgan fingerprint density at radius 2 is 2.22 bits per heavy atom. The van der Waals surface area contributed by atoms with E-state index in [1.54, 1.807) is 6.92 Å². The van der Waals surface area contributed by atoms with Crippen molar-refractivity contribution in [3.05, 3.63) is 10.1 Å². The summed E-state index contributed by atoms with van der Waals surface area (Å²) in [5.74, 6) is -0.539. The lowest BCUT2D eigenvalue weighted by Gasteiger charge is -2.04. The van der Waals surface area contributed by atoms with Gasteiger partial charge in [-0.2, -0.15) is 0 Å². The SMILES string of the molecule is CCN(C(C)=O)[N+](=O)[O-]. The molecule has 0 aromatic rings. The van der Waals surface area contributed by atoms with Gasteiger partial charge in [-0.3, -0.25) is 4.79 Å². The maximum atomic E-state index is 10.3. The molecule has 0 aromatic heterocycles. The van der Waals surface area contributed by atoms with Crippen LogP contribution >= 0.6 is 0 Å². The van der Waals surface area contributed by atoms with Gasteiger partial charge in [-0.15, -0.1) is 0 Å². The van der Waals surface area contributed by atoms with Crippen molar-refractivity contribution in [2.75, 3.05) is 6.54 Å². The normalized spacial score (nSPS) is 8.67. The Morgan fingerprint density at radius 3 is 2.22 bits per heavy atom. The van der Waals surface area contributed by atoms with E-state index >= 15 is 0 Å². The molecule has 0 saturated heterocycles. The summed E-state index contributed by atoms with van der Waals surface area (Å²) in [5.41, 5.74) is 0. The van der Waals surface area contributed by atoms with Crippen LogP contribution in [-0.2, 0) is 4.79 Å². The highest BCUT2D eigenvalue weighted by Gasteiger charge is 2.15. The molecule has 0 spiro atoms. The van der Waals surface area contributed by atoms with Gasteiger partial charge < -0.3 is 0 Å². The smallest absolute Gasteiger partial charge is 0.269 e. The molecule has 5 heteroatoms.